The average molecular weight is 281 g/mol. The third-order valence-corrected chi connectivity index (χ3v) is 4.44. The number of aliphatic hydroxyl groups is 1. The van der Waals surface area contributed by atoms with E-state index in [-0.39, 0.29) is 6.61 Å². The fraction of sp³-hybridized carbons (Fsp3) is 0.368. The third kappa shape index (κ3) is 3.34. The standard InChI is InChI=1S/C19H23NO/c1-19(14-21,18-5-3-2-4-6-18)20-13-15-7-9-16(10-8-15)17-11-12-17/h2-10,17,20-21H,11-14H2,1H3. The van der Waals surface area contributed by atoms with Crippen LogP contribution in [-0.2, 0) is 12.1 Å². The zero-order valence-electron chi connectivity index (χ0n) is 12.5. The molecule has 1 saturated carbocycles. The van der Waals surface area contributed by atoms with Crippen molar-refractivity contribution in [3.63, 3.8) is 0 Å². The molecule has 110 valence electrons. The first-order valence-corrected chi connectivity index (χ1v) is 7.71. The quantitative estimate of drug-likeness (QED) is 0.848. The maximum atomic E-state index is 9.78. The molecule has 0 heterocycles. The molecule has 1 aliphatic rings. The molecule has 2 nitrogen and oxygen atoms in total. The van der Waals surface area contributed by atoms with Crippen molar-refractivity contribution in [2.24, 2.45) is 0 Å². The van der Waals surface area contributed by atoms with Crippen LogP contribution in [0.4, 0.5) is 0 Å². The van der Waals surface area contributed by atoms with E-state index in [4.69, 9.17) is 0 Å². The lowest BCUT2D eigenvalue weighted by Crippen LogP contribution is -2.42. The summed E-state index contributed by atoms with van der Waals surface area (Å²) in [6.45, 7) is 2.88. The molecule has 0 amide bonds. The summed E-state index contributed by atoms with van der Waals surface area (Å²) in [6, 6.07) is 19.0. The first-order valence-electron chi connectivity index (χ1n) is 7.71. The van der Waals surface area contributed by atoms with Gasteiger partial charge in [-0.1, -0.05) is 54.6 Å². The largest absolute Gasteiger partial charge is 0.394 e. The molecule has 2 N–H and O–H groups in total. The molecule has 2 heteroatoms. The second-order valence-corrected chi connectivity index (χ2v) is 6.23. The Labute approximate surface area is 126 Å². The Balaban J connectivity index is 1.67. The minimum atomic E-state index is -0.406. The third-order valence-electron chi connectivity index (χ3n) is 4.44. The topological polar surface area (TPSA) is 32.3 Å². The highest BCUT2D eigenvalue weighted by molar-refractivity contribution is 5.29. The first kappa shape index (κ1) is 14.3. The molecule has 0 radical (unpaired) electrons. The maximum absolute atomic E-state index is 9.78. The average Bonchev–Trinajstić information content (AvgIpc) is 3.39. The molecular formula is C19H23NO. The van der Waals surface area contributed by atoms with Crippen LogP contribution in [0.3, 0.4) is 0 Å². The van der Waals surface area contributed by atoms with E-state index in [9.17, 15) is 5.11 Å². The van der Waals surface area contributed by atoms with Crippen molar-refractivity contribution in [1.82, 2.24) is 5.32 Å². The van der Waals surface area contributed by atoms with Crippen LogP contribution < -0.4 is 5.32 Å². The van der Waals surface area contributed by atoms with E-state index in [0.29, 0.717) is 0 Å². The minimum absolute atomic E-state index is 0.0805. The number of aliphatic hydroxyl groups excluding tert-OH is 1. The van der Waals surface area contributed by atoms with E-state index < -0.39 is 5.54 Å². The summed E-state index contributed by atoms with van der Waals surface area (Å²) < 4.78 is 0. The molecule has 0 aromatic heterocycles. The molecule has 2 aromatic rings. The molecule has 21 heavy (non-hydrogen) atoms. The lowest BCUT2D eigenvalue weighted by Gasteiger charge is -2.29. The van der Waals surface area contributed by atoms with E-state index in [1.54, 1.807) is 0 Å². The van der Waals surface area contributed by atoms with Crippen LogP contribution in [0, 0.1) is 0 Å². The minimum Gasteiger partial charge on any atom is -0.394 e. The number of rotatable bonds is 6. The van der Waals surface area contributed by atoms with Crippen molar-refractivity contribution < 1.29 is 5.11 Å². The molecule has 1 atom stereocenters. The van der Waals surface area contributed by atoms with Gasteiger partial charge in [-0.25, -0.2) is 0 Å². The Kier molecular flexibility index (Phi) is 4.09. The highest BCUT2D eigenvalue weighted by Gasteiger charge is 2.25. The number of hydrogen-bond acceptors (Lipinski definition) is 2. The van der Waals surface area contributed by atoms with Gasteiger partial charge in [0, 0.05) is 6.54 Å². The Hall–Kier alpha value is -1.64. The van der Waals surface area contributed by atoms with Gasteiger partial charge in [-0.2, -0.15) is 0 Å². The van der Waals surface area contributed by atoms with Gasteiger partial charge >= 0.3 is 0 Å². The molecule has 0 spiro atoms. The lowest BCUT2D eigenvalue weighted by atomic mass is 9.92. The first-order chi connectivity index (χ1) is 10.2. The zero-order chi connectivity index (χ0) is 14.7. The van der Waals surface area contributed by atoms with Crippen LogP contribution in [0.1, 0.15) is 42.4 Å². The van der Waals surface area contributed by atoms with Crippen LogP contribution in [0.15, 0.2) is 54.6 Å². The fourth-order valence-electron chi connectivity index (χ4n) is 2.68. The smallest absolute Gasteiger partial charge is 0.0652 e. The van der Waals surface area contributed by atoms with Gasteiger partial charge in [0.25, 0.3) is 0 Å². The number of nitrogens with one attached hydrogen (secondary N) is 1. The molecule has 0 saturated heterocycles. The van der Waals surface area contributed by atoms with Crippen molar-refractivity contribution >= 4 is 0 Å². The molecule has 3 rings (SSSR count). The second kappa shape index (κ2) is 6.00. The van der Waals surface area contributed by atoms with Crippen LogP contribution >= 0.6 is 0 Å². The predicted molar refractivity (Wildman–Crippen MR) is 86.1 cm³/mol. The summed E-state index contributed by atoms with van der Waals surface area (Å²) in [5.74, 6) is 0.805. The molecule has 1 aliphatic carbocycles. The van der Waals surface area contributed by atoms with Gasteiger partial charge in [-0.15, -0.1) is 0 Å². The summed E-state index contributed by atoms with van der Waals surface area (Å²) in [7, 11) is 0. The van der Waals surface area contributed by atoms with Crippen molar-refractivity contribution in [2.45, 2.75) is 37.8 Å². The number of benzene rings is 2. The molecule has 1 unspecified atom stereocenters. The van der Waals surface area contributed by atoms with Gasteiger partial charge in [0.15, 0.2) is 0 Å². The molecule has 2 aromatic carbocycles. The Morgan fingerprint density at radius 1 is 1.05 bits per heavy atom. The van der Waals surface area contributed by atoms with Crippen LogP contribution in [0.25, 0.3) is 0 Å². The fourth-order valence-corrected chi connectivity index (χ4v) is 2.68. The van der Waals surface area contributed by atoms with Crippen LogP contribution in [0.2, 0.25) is 0 Å². The van der Waals surface area contributed by atoms with Gasteiger partial charge in [-0.3, -0.25) is 0 Å². The Morgan fingerprint density at radius 3 is 2.29 bits per heavy atom. The van der Waals surface area contributed by atoms with Crippen LogP contribution in [0.5, 0.6) is 0 Å². The van der Waals surface area contributed by atoms with E-state index in [1.165, 1.54) is 24.0 Å². The predicted octanol–water partition coefficient (Wildman–Crippen LogP) is 3.56. The lowest BCUT2D eigenvalue weighted by molar-refractivity contribution is 0.173. The number of hydrogen-bond donors (Lipinski definition) is 2. The van der Waals surface area contributed by atoms with Gasteiger partial charge in [-0.05, 0) is 42.4 Å². The van der Waals surface area contributed by atoms with Crippen molar-refractivity contribution in [1.29, 1.82) is 0 Å². The zero-order valence-corrected chi connectivity index (χ0v) is 12.5. The molecule has 0 bridgehead atoms. The van der Waals surface area contributed by atoms with Crippen molar-refractivity contribution in [3.8, 4) is 0 Å². The van der Waals surface area contributed by atoms with E-state index >= 15 is 0 Å². The van der Waals surface area contributed by atoms with Gasteiger partial charge < -0.3 is 10.4 Å². The van der Waals surface area contributed by atoms with Gasteiger partial charge in [0.05, 0.1) is 12.1 Å². The summed E-state index contributed by atoms with van der Waals surface area (Å²) in [5, 5.41) is 13.3. The summed E-state index contributed by atoms with van der Waals surface area (Å²) in [6.07, 6.45) is 2.68. The summed E-state index contributed by atoms with van der Waals surface area (Å²) >= 11 is 0. The van der Waals surface area contributed by atoms with Crippen molar-refractivity contribution in [3.05, 3.63) is 71.3 Å². The monoisotopic (exact) mass is 281 g/mol. The van der Waals surface area contributed by atoms with E-state index in [0.717, 1.165) is 18.0 Å². The van der Waals surface area contributed by atoms with Gasteiger partial charge in [0.1, 0.15) is 0 Å². The Bertz CT molecular complexity index is 574. The molecular weight excluding hydrogens is 258 g/mol. The maximum Gasteiger partial charge on any atom is 0.0652 e. The van der Waals surface area contributed by atoms with Crippen molar-refractivity contribution in [2.75, 3.05) is 6.61 Å². The van der Waals surface area contributed by atoms with Crippen LogP contribution in [-0.4, -0.2) is 11.7 Å². The summed E-state index contributed by atoms with van der Waals surface area (Å²) in [4.78, 5) is 0. The Morgan fingerprint density at radius 2 is 1.71 bits per heavy atom. The highest BCUT2D eigenvalue weighted by atomic mass is 16.3. The highest BCUT2D eigenvalue weighted by Crippen LogP contribution is 2.39. The van der Waals surface area contributed by atoms with Gasteiger partial charge in [0.2, 0.25) is 0 Å². The molecule has 1 fully saturated rings. The SMILES string of the molecule is CC(CO)(NCc1ccc(C2CC2)cc1)c1ccccc1. The normalized spacial score (nSPS) is 17.4. The molecule has 0 aliphatic heterocycles. The van der Waals surface area contributed by atoms with E-state index in [1.807, 2.05) is 25.1 Å². The summed E-state index contributed by atoms with van der Waals surface area (Å²) in [5.41, 5.74) is 3.43. The second-order valence-electron chi connectivity index (χ2n) is 6.23. The van der Waals surface area contributed by atoms with E-state index in [2.05, 4.69) is 41.7 Å².